The van der Waals surface area contributed by atoms with Crippen molar-refractivity contribution in [1.82, 2.24) is 0 Å². The maximum Gasteiger partial charge on any atom is -0.00677 e. The molecule has 1 aliphatic carbocycles. The van der Waals surface area contributed by atoms with Crippen molar-refractivity contribution in [3.8, 4) is 0 Å². The van der Waals surface area contributed by atoms with Crippen LogP contribution in [0.25, 0.3) is 0 Å². The molecule has 1 atom stereocenters. The van der Waals surface area contributed by atoms with Crippen LogP contribution in [0.5, 0.6) is 0 Å². The van der Waals surface area contributed by atoms with Gasteiger partial charge in [0.2, 0.25) is 0 Å². The van der Waals surface area contributed by atoms with Crippen LogP contribution in [0.1, 0.15) is 26.2 Å². The summed E-state index contributed by atoms with van der Waals surface area (Å²) in [5.41, 5.74) is 6.81. The molecule has 1 heteroatoms. The van der Waals surface area contributed by atoms with Crippen molar-refractivity contribution in [1.29, 1.82) is 0 Å². The first-order valence-corrected chi connectivity index (χ1v) is 3.25. The summed E-state index contributed by atoms with van der Waals surface area (Å²) in [6.45, 7) is 2.24. The molecule has 0 heterocycles. The number of hydrogen-bond acceptors (Lipinski definition) is 1. The molecule has 0 aromatic heterocycles. The van der Waals surface area contributed by atoms with Crippen LogP contribution in [0.3, 0.4) is 0 Å². The highest BCUT2D eigenvalue weighted by molar-refractivity contribution is 5.07. The molecular formula is C7H13N. The molecule has 2 N–H and O–H groups in total. The molecule has 0 amide bonds. The van der Waals surface area contributed by atoms with Crippen molar-refractivity contribution in [3.05, 3.63) is 11.8 Å². The molecule has 1 aliphatic rings. The van der Waals surface area contributed by atoms with E-state index in [1.807, 2.05) is 0 Å². The second-order valence-corrected chi connectivity index (χ2v) is 2.53. The van der Waals surface area contributed by atoms with Crippen LogP contribution in [0.4, 0.5) is 0 Å². The molecule has 0 bridgehead atoms. The third-order valence-electron chi connectivity index (χ3n) is 1.95. The van der Waals surface area contributed by atoms with Crippen LogP contribution in [0.2, 0.25) is 0 Å². The van der Waals surface area contributed by atoms with E-state index in [4.69, 9.17) is 5.73 Å². The van der Waals surface area contributed by atoms with Crippen LogP contribution in [-0.2, 0) is 0 Å². The van der Waals surface area contributed by atoms with Crippen LogP contribution in [0.15, 0.2) is 11.8 Å². The third kappa shape index (κ3) is 0.857. The highest BCUT2D eigenvalue weighted by Crippen LogP contribution is 2.28. The Hall–Kier alpha value is -0.460. The molecule has 0 radical (unpaired) electrons. The topological polar surface area (TPSA) is 26.0 Å². The van der Waals surface area contributed by atoms with E-state index >= 15 is 0 Å². The summed E-state index contributed by atoms with van der Waals surface area (Å²) < 4.78 is 0. The van der Waals surface area contributed by atoms with Gasteiger partial charge in [-0.25, -0.2) is 0 Å². The van der Waals surface area contributed by atoms with Gasteiger partial charge in [0.1, 0.15) is 0 Å². The molecule has 1 unspecified atom stereocenters. The fourth-order valence-corrected chi connectivity index (χ4v) is 1.29. The lowest BCUT2D eigenvalue weighted by atomic mass is 10.1. The Kier molecular flexibility index (Phi) is 1.56. The standard InChI is InChI=1S/C7H13N/c1-6-3-2-4-7(6)5-8/h5-6H,2-4,8H2,1H3/b7-5-. The minimum atomic E-state index is 0.764. The fraction of sp³-hybridized carbons (Fsp3) is 0.714. The van der Waals surface area contributed by atoms with E-state index in [1.54, 1.807) is 6.20 Å². The van der Waals surface area contributed by atoms with Crippen LogP contribution in [0, 0.1) is 5.92 Å². The Bertz CT molecular complexity index is 105. The van der Waals surface area contributed by atoms with Crippen molar-refractivity contribution < 1.29 is 0 Å². The van der Waals surface area contributed by atoms with Crippen molar-refractivity contribution >= 4 is 0 Å². The number of hydrogen-bond donors (Lipinski definition) is 1. The Morgan fingerprint density at radius 3 is 2.75 bits per heavy atom. The molecule has 0 saturated heterocycles. The normalized spacial score (nSPS) is 34.1. The summed E-state index contributed by atoms with van der Waals surface area (Å²) in [7, 11) is 0. The maximum atomic E-state index is 5.36. The zero-order chi connectivity index (χ0) is 5.98. The molecule has 1 rings (SSSR count). The molecular weight excluding hydrogens is 98.1 g/mol. The molecule has 0 aromatic carbocycles. The summed E-state index contributed by atoms with van der Waals surface area (Å²) in [6.07, 6.45) is 5.68. The van der Waals surface area contributed by atoms with E-state index in [-0.39, 0.29) is 0 Å². The molecule has 1 fully saturated rings. The summed E-state index contributed by atoms with van der Waals surface area (Å²) in [5.74, 6) is 0.764. The van der Waals surface area contributed by atoms with Gasteiger partial charge in [0.25, 0.3) is 0 Å². The lowest BCUT2D eigenvalue weighted by Crippen LogP contribution is -1.91. The van der Waals surface area contributed by atoms with E-state index in [2.05, 4.69) is 6.92 Å². The molecule has 46 valence electrons. The average Bonchev–Trinajstić information content (AvgIpc) is 2.14. The lowest BCUT2D eigenvalue weighted by molar-refractivity contribution is 0.695. The first-order chi connectivity index (χ1) is 3.84. The van der Waals surface area contributed by atoms with Gasteiger partial charge in [-0.05, 0) is 31.4 Å². The predicted octanol–water partition coefficient (Wildman–Crippen LogP) is 1.65. The van der Waals surface area contributed by atoms with E-state index in [9.17, 15) is 0 Å². The van der Waals surface area contributed by atoms with Gasteiger partial charge in [0, 0.05) is 0 Å². The third-order valence-corrected chi connectivity index (χ3v) is 1.95. The fourth-order valence-electron chi connectivity index (χ4n) is 1.29. The average molecular weight is 111 g/mol. The van der Waals surface area contributed by atoms with Gasteiger partial charge < -0.3 is 5.73 Å². The number of nitrogens with two attached hydrogens (primary N) is 1. The van der Waals surface area contributed by atoms with Gasteiger partial charge in [-0.1, -0.05) is 12.5 Å². The number of allylic oxidation sites excluding steroid dienone is 1. The molecule has 0 aliphatic heterocycles. The van der Waals surface area contributed by atoms with Gasteiger partial charge in [-0.15, -0.1) is 0 Å². The first-order valence-electron chi connectivity index (χ1n) is 3.25. The van der Waals surface area contributed by atoms with Crippen LogP contribution < -0.4 is 5.73 Å². The largest absolute Gasteiger partial charge is 0.405 e. The van der Waals surface area contributed by atoms with E-state index < -0.39 is 0 Å². The van der Waals surface area contributed by atoms with Crippen LogP contribution >= 0.6 is 0 Å². The van der Waals surface area contributed by atoms with Gasteiger partial charge in [-0.3, -0.25) is 0 Å². The Morgan fingerprint density at radius 1 is 1.75 bits per heavy atom. The molecule has 0 spiro atoms. The summed E-state index contributed by atoms with van der Waals surface area (Å²) >= 11 is 0. The lowest BCUT2D eigenvalue weighted by Gasteiger charge is -1.99. The zero-order valence-corrected chi connectivity index (χ0v) is 5.35. The van der Waals surface area contributed by atoms with Gasteiger partial charge in [-0.2, -0.15) is 0 Å². The van der Waals surface area contributed by atoms with Crippen molar-refractivity contribution in [2.75, 3.05) is 0 Å². The van der Waals surface area contributed by atoms with E-state index in [0.29, 0.717) is 0 Å². The highest BCUT2D eigenvalue weighted by atomic mass is 14.5. The van der Waals surface area contributed by atoms with Crippen molar-refractivity contribution in [2.24, 2.45) is 11.7 Å². The van der Waals surface area contributed by atoms with E-state index in [1.165, 1.54) is 24.8 Å². The number of rotatable bonds is 0. The Labute approximate surface area is 50.6 Å². The van der Waals surface area contributed by atoms with Crippen LogP contribution in [-0.4, -0.2) is 0 Å². The van der Waals surface area contributed by atoms with Crippen molar-refractivity contribution in [2.45, 2.75) is 26.2 Å². The maximum absolute atomic E-state index is 5.36. The summed E-state index contributed by atoms with van der Waals surface area (Å²) in [5, 5.41) is 0. The van der Waals surface area contributed by atoms with Crippen molar-refractivity contribution in [3.63, 3.8) is 0 Å². The highest BCUT2D eigenvalue weighted by Gasteiger charge is 2.14. The molecule has 1 nitrogen and oxygen atoms in total. The van der Waals surface area contributed by atoms with Gasteiger partial charge in [0.05, 0.1) is 0 Å². The monoisotopic (exact) mass is 111 g/mol. The van der Waals surface area contributed by atoms with Gasteiger partial charge >= 0.3 is 0 Å². The Balaban J connectivity index is 2.55. The molecule has 8 heavy (non-hydrogen) atoms. The molecule has 1 saturated carbocycles. The smallest absolute Gasteiger partial charge is 0.00677 e. The summed E-state index contributed by atoms with van der Waals surface area (Å²) in [6, 6.07) is 0. The minimum Gasteiger partial charge on any atom is -0.405 e. The Morgan fingerprint density at radius 2 is 2.50 bits per heavy atom. The minimum absolute atomic E-state index is 0.764. The second kappa shape index (κ2) is 2.21. The first kappa shape index (κ1) is 5.67. The van der Waals surface area contributed by atoms with Gasteiger partial charge in [0.15, 0.2) is 0 Å². The molecule has 0 aromatic rings. The predicted molar refractivity (Wildman–Crippen MR) is 35.3 cm³/mol. The second-order valence-electron chi connectivity index (χ2n) is 2.53. The quantitative estimate of drug-likeness (QED) is 0.505. The SMILES string of the molecule is CC1CCC/C1=C/N. The summed E-state index contributed by atoms with van der Waals surface area (Å²) in [4.78, 5) is 0. The zero-order valence-electron chi connectivity index (χ0n) is 5.35. The van der Waals surface area contributed by atoms with E-state index in [0.717, 1.165) is 5.92 Å².